The molecule has 0 atom stereocenters. The summed E-state index contributed by atoms with van der Waals surface area (Å²) in [6, 6.07) is 4.82. The number of aliphatic carboxylic acids is 1. The molecule has 0 aromatic heterocycles. The molecule has 0 unspecified atom stereocenters. The molecule has 1 aromatic carbocycles. The lowest BCUT2D eigenvalue weighted by molar-refractivity contribution is -0.137. The number of carboxylic acid groups (broad SMARTS) is 1. The Bertz CT molecular complexity index is 691. The van der Waals surface area contributed by atoms with E-state index in [0.717, 1.165) is 5.56 Å². The number of carbonyl (C=O) groups is 3. The quantitative estimate of drug-likeness (QED) is 0.617. The third-order valence-electron chi connectivity index (χ3n) is 3.84. The summed E-state index contributed by atoms with van der Waals surface area (Å²) in [5, 5.41) is 17.1. The molecule has 26 heavy (non-hydrogen) atoms. The second kappa shape index (κ2) is 8.21. The summed E-state index contributed by atoms with van der Waals surface area (Å²) >= 11 is 0. The molecule has 4 N–H and O–H groups in total. The van der Waals surface area contributed by atoms with Crippen LogP contribution in [0.2, 0.25) is 0 Å². The number of amides is 3. The number of carbonyl (C=O) groups excluding carboxylic acids is 2. The molecular weight excluding hydrogens is 334 g/mol. The van der Waals surface area contributed by atoms with Gasteiger partial charge in [-0.1, -0.05) is 26.8 Å². The van der Waals surface area contributed by atoms with Crippen LogP contribution < -0.4 is 16.0 Å². The number of urea groups is 1. The van der Waals surface area contributed by atoms with Crippen LogP contribution in [0.25, 0.3) is 0 Å². The van der Waals surface area contributed by atoms with E-state index in [1.807, 2.05) is 33.8 Å². The number of anilines is 2. The van der Waals surface area contributed by atoms with Gasteiger partial charge in [0.25, 0.3) is 0 Å². The molecule has 0 aliphatic rings. The SMILES string of the molecule is Cc1ccc(NC(=O)NC(C)(C)CCC(=O)O)cc1NC(=O)C(C)(C)C. The van der Waals surface area contributed by atoms with Gasteiger partial charge in [-0.05, 0) is 44.9 Å². The van der Waals surface area contributed by atoms with Crippen molar-refractivity contribution in [1.82, 2.24) is 5.32 Å². The Morgan fingerprint density at radius 1 is 1.04 bits per heavy atom. The van der Waals surface area contributed by atoms with Crippen LogP contribution in [0.1, 0.15) is 53.0 Å². The first-order chi connectivity index (χ1) is 11.8. The van der Waals surface area contributed by atoms with E-state index in [9.17, 15) is 14.4 Å². The lowest BCUT2D eigenvalue weighted by Crippen LogP contribution is -2.45. The monoisotopic (exact) mass is 363 g/mol. The zero-order valence-corrected chi connectivity index (χ0v) is 16.3. The highest BCUT2D eigenvalue weighted by atomic mass is 16.4. The van der Waals surface area contributed by atoms with Crippen molar-refractivity contribution in [2.75, 3.05) is 10.6 Å². The van der Waals surface area contributed by atoms with Crippen LogP contribution in [0, 0.1) is 12.3 Å². The number of benzene rings is 1. The van der Waals surface area contributed by atoms with Crippen LogP contribution in [0.3, 0.4) is 0 Å². The van der Waals surface area contributed by atoms with Crippen LogP contribution in [0.4, 0.5) is 16.2 Å². The van der Waals surface area contributed by atoms with Crippen LogP contribution in [0.5, 0.6) is 0 Å². The highest BCUT2D eigenvalue weighted by Gasteiger charge is 2.23. The average molecular weight is 363 g/mol. The van der Waals surface area contributed by atoms with Crippen molar-refractivity contribution in [2.24, 2.45) is 5.41 Å². The Labute approximate surface area is 154 Å². The first-order valence-corrected chi connectivity index (χ1v) is 8.53. The minimum atomic E-state index is -0.905. The van der Waals surface area contributed by atoms with E-state index in [-0.39, 0.29) is 12.3 Å². The molecule has 0 bridgehead atoms. The standard InChI is InChI=1S/C19H29N3O4/c1-12-7-8-13(11-14(12)21-16(25)18(2,3)4)20-17(26)22-19(5,6)10-9-15(23)24/h7-8,11H,9-10H2,1-6H3,(H,21,25)(H,23,24)(H2,20,22,26). The summed E-state index contributed by atoms with van der Waals surface area (Å²) in [5.74, 6) is -1.02. The minimum Gasteiger partial charge on any atom is -0.481 e. The van der Waals surface area contributed by atoms with Crippen molar-refractivity contribution in [3.63, 3.8) is 0 Å². The van der Waals surface area contributed by atoms with Gasteiger partial charge in [0.1, 0.15) is 0 Å². The van der Waals surface area contributed by atoms with Gasteiger partial charge in [0, 0.05) is 28.7 Å². The second-order valence-corrected chi connectivity index (χ2v) is 8.09. The molecule has 0 radical (unpaired) electrons. The van der Waals surface area contributed by atoms with Gasteiger partial charge < -0.3 is 21.1 Å². The zero-order chi connectivity index (χ0) is 20.1. The van der Waals surface area contributed by atoms with Gasteiger partial charge in [0.15, 0.2) is 0 Å². The summed E-state index contributed by atoms with van der Waals surface area (Å²) in [4.78, 5) is 35.1. The van der Waals surface area contributed by atoms with Gasteiger partial charge in [0.2, 0.25) is 5.91 Å². The zero-order valence-electron chi connectivity index (χ0n) is 16.3. The molecule has 7 nitrogen and oxygen atoms in total. The fourth-order valence-corrected chi connectivity index (χ4v) is 2.10. The summed E-state index contributed by atoms with van der Waals surface area (Å²) in [6.07, 6.45) is 0.289. The highest BCUT2D eigenvalue weighted by Crippen LogP contribution is 2.23. The average Bonchev–Trinajstić information content (AvgIpc) is 2.47. The molecule has 0 aliphatic heterocycles. The molecule has 144 valence electrons. The van der Waals surface area contributed by atoms with E-state index in [1.165, 1.54) is 0 Å². The first-order valence-electron chi connectivity index (χ1n) is 8.53. The van der Waals surface area contributed by atoms with Crippen molar-refractivity contribution < 1.29 is 19.5 Å². The topological polar surface area (TPSA) is 108 Å². The van der Waals surface area contributed by atoms with Crippen LogP contribution >= 0.6 is 0 Å². The maximum atomic E-state index is 12.2. The number of hydrogen-bond acceptors (Lipinski definition) is 3. The maximum absolute atomic E-state index is 12.2. The van der Waals surface area contributed by atoms with E-state index >= 15 is 0 Å². The van der Waals surface area contributed by atoms with Crippen molar-refractivity contribution >= 4 is 29.3 Å². The summed E-state index contributed by atoms with van der Waals surface area (Å²) in [6.45, 7) is 10.9. The van der Waals surface area contributed by atoms with Crippen LogP contribution in [-0.2, 0) is 9.59 Å². The van der Waals surface area contributed by atoms with Crippen LogP contribution in [0.15, 0.2) is 18.2 Å². The van der Waals surface area contributed by atoms with Gasteiger partial charge in [0.05, 0.1) is 0 Å². The van der Waals surface area contributed by atoms with E-state index in [4.69, 9.17) is 5.11 Å². The Morgan fingerprint density at radius 3 is 2.19 bits per heavy atom. The highest BCUT2D eigenvalue weighted by molar-refractivity contribution is 5.96. The van der Waals surface area contributed by atoms with Gasteiger partial charge in [-0.25, -0.2) is 4.79 Å². The van der Waals surface area contributed by atoms with Gasteiger partial charge >= 0.3 is 12.0 Å². The lowest BCUT2D eigenvalue weighted by atomic mass is 9.95. The number of hydrogen-bond donors (Lipinski definition) is 4. The predicted molar refractivity (Wildman–Crippen MR) is 102 cm³/mol. The van der Waals surface area contributed by atoms with Gasteiger partial charge in [-0.15, -0.1) is 0 Å². The largest absolute Gasteiger partial charge is 0.481 e. The summed E-state index contributed by atoms with van der Waals surface area (Å²) in [5.41, 5.74) is 0.868. The van der Waals surface area contributed by atoms with Gasteiger partial charge in [-0.3, -0.25) is 9.59 Å². The molecular formula is C19H29N3O4. The molecule has 1 rings (SSSR count). The van der Waals surface area contributed by atoms with Crippen LogP contribution in [-0.4, -0.2) is 28.6 Å². The second-order valence-electron chi connectivity index (χ2n) is 8.09. The Balaban J connectivity index is 2.78. The number of rotatable bonds is 6. The number of aryl methyl sites for hydroxylation is 1. The maximum Gasteiger partial charge on any atom is 0.319 e. The third kappa shape index (κ3) is 7.13. The summed E-state index contributed by atoms with van der Waals surface area (Å²) in [7, 11) is 0. The van der Waals surface area contributed by atoms with Crippen molar-refractivity contribution in [3.05, 3.63) is 23.8 Å². The van der Waals surface area contributed by atoms with E-state index in [2.05, 4.69) is 16.0 Å². The molecule has 0 heterocycles. The van der Waals surface area contributed by atoms with E-state index < -0.39 is 23.0 Å². The molecule has 1 aromatic rings. The van der Waals surface area contributed by atoms with E-state index in [1.54, 1.807) is 26.0 Å². The third-order valence-corrected chi connectivity index (χ3v) is 3.84. The normalized spacial score (nSPS) is 11.6. The Kier molecular flexibility index (Phi) is 6.78. The predicted octanol–water partition coefficient (Wildman–Crippen LogP) is 3.74. The molecule has 0 aliphatic carbocycles. The fraction of sp³-hybridized carbons (Fsp3) is 0.526. The molecule has 0 saturated carbocycles. The molecule has 7 heteroatoms. The van der Waals surface area contributed by atoms with Gasteiger partial charge in [-0.2, -0.15) is 0 Å². The fourth-order valence-electron chi connectivity index (χ4n) is 2.10. The summed E-state index contributed by atoms with van der Waals surface area (Å²) < 4.78 is 0. The Hall–Kier alpha value is -2.57. The van der Waals surface area contributed by atoms with Crippen molar-refractivity contribution in [1.29, 1.82) is 0 Å². The molecule has 0 spiro atoms. The lowest BCUT2D eigenvalue weighted by Gasteiger charge is -2.26. The molecule has 0 saturated heterocycles. The Morgan fingerprint density at radius 2 is 1.65 bits per heavy atom. The van der Waals surface area contributed by atoms with Crippen molar-refractivity contribution in [2.45, 2.75) is 59.9 Å². The minimum absolute atomic E-state index is 0.0270. The molecule has 0 fully saturated rings. The molecule has 3 amide bonds. The smallest absolute Gasteiger partial charge is 0.319 e. The van der Waals surface area contributed by atoms with Crippen molar-refractivity contribution in [3.8, 4) is 0 Å². The number of nitrogens with one attached hydrogen (secondary N) is 3. The van der Waals surface area contributed by atoms with E-state index in [0.29, 0.717) is 17.8 Å². The first kappa shape index (κ1) is 21.5. The number of carboxylic acids is 1.